The summed E-state index contributed by atoms with van der Waals surface area (Å²) in [6.07, 6.45) is 0. The van der Waals surface area contributed by atoms with Gasteiger partial charge in [-0.25, -0.2) is 0 Å². The van der Waals surface area contributed by atoms with Gasteiger partial charge in [0.2, 0.25) is 0 Å². The summed E-state index contributed by atoms with van der Waals surface area (Å²) in [6.45, 7) is 3.05. The number of anilines is 1. The second-order valence-corrected chi connectivity index (χ2v) is 3.81. The van der Waals surface area contributed by atoms with E-state index in [4.69, 9.17) is 5.11 Å². The van der Waals surface area contributed by atoms with Gasteiger partial charge in [-0.1, -0.05) is 17.7 Å². The summed E-state index contributed by atoms with van der Waals surface area (Å²) in [4.78, 5) is 10.8. The number of hydrogen-bond acceptors (Lipinski definition) is 3. The van der Waals surface area contributed by atoms with Crippen LogP contribution in [-0.4, -0.2) is 23.7 Å². The SMILES string of the molecule is Cc1ccc2c(c1)CNC(C(=O)O)CN2. The van der Waals surface area contributed by atoms with E-state index in [0.717, 1.165) is 11.3 Å². The Kier molecular flexibility index (Phi) is 2.60. The lowest BCUT2D eigenvalue weighted by molar-refractivity contribution is -0.139. The van der Waals surface area contributed by atoms with Crippen molar-refractivity contribution in [2.75, 3.05) is 11.9 Å². The van der Waals surface area contributed by atoms with Crippen LogP contribution in [-0.2, 0) is 11.3 Å². The van der Waals surface area contributed by atoms with E-state index in [1.165, 1.54) is 5.56 Å². The number of nitrogens with one attached hydrogen (secondary N) is 2. The molecule has 3 N–H and O–H groups in total. The molecule has 0 fully saturated rings. The summed E-state index contributed by atoms with van der Waals surface area (Å²) < 4.78 is 0. The Hall–Kier alpha value is -1.55. The van der Waals surface area contributed by atoms with Crippen molar-refractivity contribution in [2.45, 2.75) is 19.5 Å². The third-order valence-corrected chi connectivity index (χ3v) is 2.59. The van der Waals surface area contributed by atoms with Gasteiger partial charge < -0.3 is 10.4 Å². The number of carboxylic acid groups (broad SMARTS) is 1. The summed E-state index contributed by atoms with van der Waals surface area (Å²) in [5.41, 5.74) is 3.33. The lowest BCUT2D eigenvalue weighted by Crippen LogP contribution is -2.39. The molecule has 2 rings (SSSR count). The van der Waals surface area contributed by atoms with Crippen LogP contribution in [0.15, 0.2) is 18.2 Å². The maximum atomic E-state index is 10.8. The molecule has 1 aliphatic heterocycles. The summed E-state index contributed by atoms with van der Waals surface area (Å²) in [5.74, 6) is -0.813. The summed E-state index contributed by atoms with van der Waals surface area (Å²) in [6, 6.07) is 5.57. The van der Waals surface area contributed by atoms with Gasteiger partial charge in [0.25, 0.3) is 0 Å². The smallest absolute Gasteiger partial charge is 0.322 e. The lowest BCUT2D eigenvalue weighted by atomic mass is 10.1. The Morgan fingerprint density at radius 2 is 2.33 bits per heavy atom. The Morgan fingerprint density at radius 1 is 1.53 bits per heavy atom. The van der Waals surface area contributed by atoms with E-state index in [1.54, 1.807) is 0 Å². The summed E-state index contributed by atoms with van der Waals surface area (Å²) >= 11 is 0. The molecule has 4 heteroatoms. The fraction of sp³-hybridized carbons (Fsp3) is 0.364. The first-order valence-corrected chi connectivity index (χ1v) is 4.96. The zero-order valence-corrected chi connectivity index (χ0v) is 8.58. The highest BCUT2D eigenvalue weighted by atomic mass is 16.4. The highest BCUT2D eigenvalue weighted by molar-refractivity contribution is 5.75. The minimum atomic E-state index is -0.813. The van der Waals surface area contributed by atoms with Gasteiger partial charge in [-0.05, 0) is 18.6 Å². The maximum absolute atomic E-state index is 10.8. The first-order valence-electron chi connectivity index (χ1n) is 4.96. The fourth-order valence-electron chi connectivity index (χ4n) is 1.73. The number of hydrogen-bond donors (Lipinski definition) is 3. The fourth-order valence-corrected chi connectivity index (χ4v) is 1.73. The normalized spacial score (nSPS) is 19.9. The van der Waals surface area contributed by atoms with Gasteiger partial charge in [-0.3, -0.25) is 10.1 Å². The number of carboxylic acids is 1. The molecule has 0 aliphatic carbocycles. The lowest BCUT2D eigenvalue weighted by Gasteiger charge is -2.09. The van der Waals surface area contributed by atoms with Crippen LogP contribution in [0.25, 0.3) is 0 Å². The molecule has 1 aliphatic rings. The zero-order valence-electron chi connectivity index (χ0n) is 8.58. The monoisotopic (exact) mass is 206 g/mol. The highest BCUT2D eigenvalue weighted by Gasteiger charge is 2.20. The number of aryl methyl sites for hydroxylation is 1. The average molecular weight is 206 g/mol. The van der Waals surface area contributed by atoms with Crippen molar-refractivity contribution >= 4 is 11.7 Å². The third kappa shape index (κ3) is 2.10. The summed E-state index contributed by atoms with van der Waals surface area (Å²) in [7, 11) is 0. The van der Waals surface area contributed by atoms with Crippen LogP contribution in [0.3, 0.4) is 0 Å². The van der Waals surface area contributed by atoms with E-state index in [0.29, 0.717) is 13.1 Å². The molecule has 0 spiro atoms. The molecule has 80 valence electrons. The van der Waals surface area contributed by atoms with Crippen LogP contribution >= 0.6 is 0 Å². The number of benzene rings is 1. The van der Waals surface area contributed by atoms with Gasteiger partial charge in [-0.15, -0.1) is 0 Å². The van der Waals surface area contributed by atoms with Crippen LogP contribution in [0.4, 0.5) is 5.69 Å². The zero-order chi connectivity index (χ0) is 10.8. The van der Waals surface area contributed by atoms with Crippen molar-refractivity contribution in [3.63, 3.8) is 0 Å². The van der Waals surface area contributed by atoms with E-state index >= 15 is 0 Å². The Morgan fingerprint density at radius 3 is 3.07 bits per heavy atom. The van der Waals surface area contributed by atoms with E-state index in [2.05, 4.69) is 16.7 Å². The van der Waals surface area contributed by atoms with Gasteiger partial charge >= 0.3 is 5.97 Å². The molecular weight excluding hydrogens is 192 g/mol. The highest BCUT2D eigenvalue weighted by Crippen LogP contribution is 2.19. The largest absolute Gasteiger partial charge is 0.480 e. The van der Waals surface area contributed by atoms with Gasteiger partial charge in [0.05, 0.1) is 0 Å². The molecule has 1 aromatic carbocycles. The topological polar surface area (TPSA) is 61.4 Å². The number of aliphatic carboxylic acids is 1. The quantitative estimate of drug-likeness (QED) is 0.640. The minimum Gasteiger partial charge on any atom is -0.480 e. The Bertz CT molecular complexity index is 390. The molecule has 0 bridgehead atoms. The number of carbonyl (C=O) groups is 1. The van der Waals surface area contributed by atoms with Crippen molar-refractivity contribution in [3.8, 4) is 0 Å². The third-order valence-electron chi connectivity index (χ3n) is 2.59. The Labute approximate surface area is 88.3 Å². The first-order chi connectivity index (χ1) is 7.16. The summed E-state index contributed by atoms with van der Waals surface area (Å²) in [5, 5.41) is 15.0. The molecular formula is C11H14N2O2. The van der Waals surface area contributed by atoms with E-state index in [-0.39, 0.29) is 0 Å². The van der Waals surface area contributed by atoms with E-state index < -0.39 is 12.0 Å². The van der Waals surface area contributed by atoms with Crippen molar-refractivity contribution in [3.05, 3.63) is 29.3 Å². The van der Waals surface area contributed by atoms with E-state index in [1.807, 2.05) is 19.1 Å². The van der Waals surface area contributed by atoms with Crippen molar-refractivity contribution in [1.82, 2.24) is 5.32 Å². The second kappa shape index (κ2) is 3.90. The van der Waals surface area contributed by atoms with Gasteiger partial charge in [0, 0.05) is 18.8 Å². The van der Waals surface area contributed by atoms with Crippen molar-refractivity contribution < 1.29 is 9.90 Å². The predicted molar refractivity (Wildman–Crippen MR) is 57.9 cm³/mol. The van der Waals surface area contributed by atoms with E-state index in [9.17, 15) is 4.79 Å². The molecule has 0 saturated carbocycles. The van der Waals surface area contributed by atoms with Crippen molar-refractivity contribution in [2.24, 2.45) is 0 Å². The molecule has 0 saturated heterocycles. The standard InChI is InChI=1S/C11H14N2O2/c1-7-2-3-9-8(4-7)5-12-10(6-13-9)11(14)15/h2-4,10,12-13H,5-6H2,1H3,(H,14,15). The molecule has 1 aromatic rings. The molecule has 1 unspecified atom stereocenters. The van der Waals surface area contributed by atoms with Crippen LogP contribution in [0, 0.1) is 6.92 Å². The van der Waals surface area contributed by atoms with Crippen LogP contribution in [0.1, 0.15) is 11.1 Å². The van der Waals surface area contributed by atoms with Crippen molar-refractivity contribution in [1.29, 1.82) is 0 Å². The molecule has 0 amide bonds. The van der Waals surface area contributed by atoms with Gasteiger partial charge in [-0.2, -0.15) is 0 Å². The average Bonchev–Trinajstić information content (AvgIpc) is 2.39. The second-order valence-electron chi connectivity index (χ2n) is 3.81. The number of rotatable bonds is 1. The molecule has 0 radical (unpaired) electrons. The van der Waals surface area contributed by atoms with Crippen LogP contribution < -0.4 is 10.6 Å². The van der Waals surface area contributed by atoms with Crippen LogP contribution in [0.5, 0.6) is 0 Å². The molecule has 4 nitrogen and oxygen atoms in total. The first kappa shape index (κ1) is 9.98. The minimum absolute atomic E-state index is 0.422. The number of fused-ring (bicyclic) bond motifs is 1. The molecule has 1 atom stereocenters. The molecule has 0 aromatic heterocycles. The molecule has 15 heavy (non-hydrogen) atoms. The maximum Gasteiger partial charge on any atom is 0.322 e. The predicted octanol–water partition coefficient (Wildman–Crippen LogP) is 0.963. The molecule has 1 heterocycles. The van der Waals surface area contributed by atoms with Gasteiger partial charge in [0.1, 0.15) is 6.04 Å². The van der Waals surface area contributed by atoms with Gasteiger partial charge in [0.15, 0.2) is 0 Å². The Balaban J connectivity index is 2.21. The van der Waals surface area contributed by atoms with Crippen LogP contribution in [0.2, 0.25) is 0 Å².